The van der Waals surface area contributed by atoms with Gasteiger partial charge in [-0.05, 0) is 40.7 Å². The van der Waals surface area contributed by atoms with Gasteiger partial charge >= 0.3 is 0 Å². The van der Waals surface area contributed by atoms with Crippen LogP contribution >= 0.6 is 11.6 Å². The van der Waals surface area contributed by atoms with E-state index < -0.39 is 6.10 Å². The fourth-order valence-electron chi connectivity index (χ4n) is 2.38. The van der Waals surface area contributed by atoms with Gasteiger partial charge in [-0.3, -0.25) is 0 Å². The van der Waals surface area contributed by atoms with Crippen LogP contribution in [0.15, 0.2) is 42.5 Å². The minimum absolute atomic E-state index is 0.00787. The van der Waals surface area contributed by atoms with Gasteiger partial charge in [0.1, 0.15) is 6.10 Å². The van der Waals surface area contributed by atoms with Crippen molar-refractivity contribution in [2.24, 2.45) is 0 Å². The molecular weight excluding hydrogens is 268 g/mol. The van der Waals surface area contributed by atoms with Crippen molar-refractivity contribution < 1.29 is 5.11 Å². The predicted molar refractivity (Wildman–Crippen MR) is 85.4 cm³/mol. The lowest BCUT2D eigenvalue weighted by Gasteiger charge is -2.25. The smallest absolute Gasteiger partial charge is 0.104 e. The normalized spacial score (nSPS) is 13.3. The monoisotopic (exact) mass is 288 g/mol. The van der Waals surface area contributed by atoms with Gasteiger partial charge in [0.05, 0.1) is 0 Å². The van der Waals surface area contributed by atoms with Crippen LogP contribution in [0, 0.1) is 6.92 Å². The third-order valence-corrected chi connectivity index (χ3v) is 3.98. The van der Waals surface area contributed by atoms with E-state index in [1.165, 1.54) is 0 Å². The molecule has 2 aromatic rings. The van der Waals surface area contributed by atoms with Gasteiger partial charge in [0.2, 0.25) is 0 Å². The Morgan fingerprint density at radius 1 is 1.05 bits per heavy atom. The molecule has 1 N–H and O–H groups in total. The zero-order chi connectivity index (χ0) is 14.9. The van der Waals surface area contributed by atoms with E-state index >= 15 is 0 Å². The van der Waals surface area contributed by atoms with Gasteiger partial charge in [-0.1, -0.05) is 68.8 Å². The van der Waals surface area contributed by atoms with Gasteiger partial charge in [0.15, 0.2) is 0 Å². The second kappa shape index (κ2) is 5.59. The van der Waals surface area contributed by atoms with E-state index in [0.717, 1.165) is 22.3 Å². The second-order valence-electron chi connectivity index (χ2n) is 6.25. The topological polar surface area (TPSA) is 20.2 Å². The highest BCUT2D eigenvalue weighted by Crippen LogP contribution is 2.33. The molecule has 0 saturated heterocycles. The maximum Gasteiger partial charge on any atom is 0.104 e. The lowest BCUT2D eigenvalue weighted by Crippen LogP contribution is -2.16. The Kier molecular flexibility index (Phi) is 4.22. The summed E-state index contributed by atoms with van der Waals surface area (Å²) in [6, 6.07) is 13.8. The van der Waals surface area contributed by atoms with E-state index in [-0.39, 0.29) is 5.41 Å². The molecule has 0 aliphatic rings. The maximum atomic E-state index is 10.7. The SMILES string of the molecule is Cc1ccc(C(O)c2ccccc2C(C)(C)C)cc1Cl. The predicted octanol–water partition coefficient (Wildman–Crippen LogP) is 5.03. The van der Waals surface area contributed by atoms with Crippen LogP contribution in [0.4, 0.5) is 0 Å². The number of hydrogen-bond donors (Lipinski definition) is 1. The number of aryl methyl sites for hydroxylation is 1. The Morgan fingerprint density at radius 3 is 2.30 bits per heavy atom. The first-order valence-corrected chi connectivity index (χ1v) is 7.22. The van der Waals surface area contributed by atoms with Crippen LogP contribution in [0.5, 0.6) is 0 Å². The van der Waals surface area contributed by atoms with Gasteiger partial charge in [-0.15, -0.1) is 0 Å². The third kappa shape index (κ3) is 3.05. The van der Waals surface area contributed by atoms with Crippen molar-refractivity contribution in [1.29, 1.82) is 0 Å². The molecule has 0 aliphatic carbocycles. The Bertz CT molecular complexity index is 611. The van der Waals surface area contributed by atoms with Crippen LogP contribution in [0.2, 0.25) is 5.02 Å². The summed E-state index contributed by atoms with van der Waals surface area (Å²) in [4.78, 5) is 0. The van der Waals surface area contributed by atoms with Crippen molar-refractivity contribution >= 4 is 11.6 Å². The number of benzene rings is 2. The van der Waals surface area contributed by atoms with Gasteiger partial charge in [0.25, 0.3) is 0 Å². The van der Waals surface area contributed by atoms with Crippen molar-refractivity contribution in [3.63, 3.8) is 0 Å². The van der Waals surface area contributed by atoms with Crippen molar-refractivity contribution in [2.45, 2.75) is 39.2 Å². The second-order valence-corrected chi connectivity index (χ2v) is 6.66. The molecule has 0 spiro atoms. The molecule has 0 aromatic heterocycles. The highest BCUT2D eigenvalue weighted by atomic mass is 35.5. The molecule has 0 bridgehead atoms. The van der Waals surface area contributed by atoms with Crippen LogP contribution in [0.1, 0.15) is 49.1 Å². The summed E-state index contributed by atoms with van der Waals surface area (Å²) in [5.74, 6) is 0. The highest BCUT2D eigenvalue weighted by molar-refractivity contribution is 6.31. The number of rotatable bonds is 2. The molecule has 2 aromatic carbocycles. The molecule has 2 heteroatoms. The number of hydrogen-bond acceptors (Lipinski definition) is 1. The third-order valence-electron chi connectivity index (χ3n) is 3.58. The Morgan fingerprint density at radius 2 is 1.70 bits per heavy atom. The van der Waals surface area contributed by atoms with Crippen LogP contribution in [0.3, 0.4) is 0 Å². The van der Waals surface area contributed by atoms with Gasteiger partial charge in [0, 0.05) is 5.02 Å². The Labute approximate surface area is 126 Å². The first kappa shape index (κ1) is 15.1. The molecule has 2 rings (SSSR count). The van der Waals surface area contributed by atoms with Crippen LogP contribution in [-0.2, 0) is 5.41 Å². The molecule has 0 fully saturated rings. The number of aliphatic hydroxyl groups excluding tert-OH is 1. The summed E-state index contributed by atoms with van der Waals surface area (Å²) in [5, 5.41) is 11.4. The molecule has 1 unspecified atom stereocenters. The Hall–Kier alpha value is -1.31. The molecule has 0 radical (unpaired) electrons. The fourth-order valence-corrected chi connectivity index (χ4v) is 2.57. The first-order chi connectivity index (χ1) is 9.30. The lowest BCUT2D eigenvalue weighted by atomic mass is 9.81. The Balaban J connectivity index is 2.48. The zero-order valence-corrected chi connectivity index (χ0v) is 13.2. The molecule has 106 valence electrons. The number of aliphatic hydroxyl groups is 1. The molecule has 1 atom stereocenters. The summed E-state index contributed by atoms with van der Waals surface area (Å²) < 4.78 is 0. The van der Waals surface area contributed by atoms with E-state index in [0.29, 0.717) is 5.02 Å². The standard InChI is InChI=1S/C18H21ClO/c1-12-9-10-13(11-16(12)19)17(20)14-7-5-6-8-15(14)18(2,3)4/h5-11,17,20H,1-4H3. The molecule has 0 amide bonds. The molecule has 0 aliphatic heterocycles. The molecular formula is C18H21ClO. The van der Waals surface area contributed by atoms with Crippen LogP contribution in [-0.4, -0.2) is 5.11 Å². The van der Waals surface area contributed by atoms with Crippen LogP contribution in [0.25, 0.3) is 0 Å². The van der Waals surface area contributed by atoms with Gasteiger partial charge in [-0.2, -0.15) is 0 Å². The minimum Gasteiger partial charge on any atom is -0.384 e. The van der Waals surface area contributed by atoms with E-state index in [4.69, 9.17) is 11.6 Å². The van der Waals surface area contributed by atoms with Gasteiger partial charge < -0.3 is 5.11 Å². The largest absolute Gasteiger partial charge is 0.384 e. The summed E-state index contributed by atoms with van der Waals surface area (Å²) >= 11 is 6.16. The average molecular weight is 289 g/mol. The van der Waals surface area contributed by atoms with E-state index in [1.54, 1.807) is 0 Å². The average Bonchev–Trinajstić information content (AvgIpc) is 2.40. The zero-order valence-electron chi connectivity index (χ0n) is 12.4. The quantitative estimate of drug-likeness (QED) is 0.822. The maximum absolute atomic E-state index is 10.7. The van der Waals surface area contributed by atoms with Crippen molar-refractivity contribution in [1.82, 2.24) is 0 Å². The molecule has 20 heavy (non-hydrogen) atoms. The van der Waals surface area contributed by atoms with E-state index in [9.17, 15) is 5.11 Å². The molecule has 0 saturated carbocycles. The van der Waals surface area contributed by atoms with Crippen molar-refractivity contribution in [3.05, 3.63) is 69.7 Å². The van der Waals surface area contributed by atoms with Crippen molar-refractivity contribution in [3.8, 4) is 0 Å². The van der Waals surface area contributed by atoms with E-state index in [2.05, 4.69) is 26.8 Å². The summed E-state index contributed by atoms with van der Waals surface area (Å²) in [6.45, 7) is 8.42. The summed E-state index contributed by atoms with van der Waals surface area (Å²) in [5.41, 5.74) is 3.94. The highest BCUT2D eigenvalue weighted by Gasteiger charge is 2.22. The summed E-state index contributed by atoms with van der Waals surface area (Å²) in [6.07, 6.45) is -0.650. The molecule has 0 heterocycles. The summed E-state index contributed by atoms with van der Waals surface area (Å²) in [7, 11) is 0. The fraction of sp³-hybridized carbons (Fsp3) is 0.333. The number of halogens is 1. The van der Waals surface area contributed by atoms with Gasteiger partial charge in [-0.25, -0.2) is 0 Å². The first-order valence-electron chi connectivity index (χ1n) is 6.84. The van der Waals surface area contributed by atoms with Crippen LogP contribution < -0.4 is 0 Å². The lowest BCUT2D eigenvalue weighted by molar-refractivity contribution is 0.217. The van der Waals surface area contributed by atoms with E-state index in [1.807, 2.05) is 43.3 Å². The molecule has 1 nitrogen and oxygen atoms in total. The van der Waals surface area contributed by atoms with Crippen molar-refractivity contribution in [2.75, 3.05) is 0 Å². The minimum atomic E-state index is -0.650.